The molecule has 1 heterocycles. The van der Waals surface area contributed by atoms with Crippen molar-refractivity contribution in [3.05, 3.63) is 0 Å². The van der Waals surface area contributed by atoms with E-state index in [2.05, 4.69) is 15.3 Å². The van der Waals surface area contributed by atoms with Gasteiger partial charge in [0.15, 0.2) is 0 Å². The van der Waals surface area contributed by atoms with Gasteiger partial charge in [0.05, 0.1) is 6.54 Å². The molecule has 0 saturated carbocycles. The molecule has 2 N–H and O–H groups in total. The molecule has 0 aromatic heterocycles. The number of rotatable bonds is 3. The summed E-state index contributed by atoms with van der Waals surface area (Å²) in [6.07, 6.45) is 0. The second-order valence-electron chi connectivity index (χ2n) is 2.47. The lowest BCUT2D eigenvalue weighted by Crippen LogP contribution is -2.44. The van der Waals surface area contributed by atoms with Crippen molar-refractivity contribution in [1.29, 1.82) is 5.53 Å². The van der Waals surface area contributed by atoms with Crippen molar-refractivity contribution in [2.45, 2.75) is 0 Å². The van der Waals surface area contributed by atoms with E-state index >= 15 is 0 Å². The van der Waals surface area contributed by atoms with E-state index in [9.17, 15) is 0 Å². The molecular weight excluding hydrogens is 128 g/mol. The van der Waals surface area contributed by atoms with E-state index in [1.54, 1.807) is 0 Å². The topological polar surface area (TPSA) is 51.5 Å². The minimum absolute atomic E-state index is 0.653. The van der Waals surface area contributed by atoms with Crippen molar-refractivity contribution in [1.82, 2.24) is 10.2 Å². The van der Waals surface area contributed by atoms with E-state index in [0.717, 1.165) is 32.7 Å². The van der Waals surface area contributed by atoms with Gasteiger partial charge in [0, 0.05) is 32.7 Å². The van der Waals surface area contributed by atoms with Gasteiger partial charge in [-0.2, -0.15) is 5.11 Å². The molecule has 1 aliphatic heterocycles. The van der Waals surface area contributed by atoms with Crippen molar-refractivity contribution in [3.63, 3.8) is 0 Å². The third-order valence-corrected chi connectivity index (χ3v) is 1.74. The first-order chi connectivity index (χ1) is 4.93. The molecule has 58 valence electrons. The Balaban J connectivity index is 2.07. The molecule has 0 aliphatic carbocycles. The molecule has 1 saturated heterocycles. The first kappa shape index (κ1) is 7.63. The Morgan fingerprint density at radius 2 is 2.10 bits per heavy atom. The Kier molecular flexibility index (Phi) is 3.32. The van der Waals surface area contributed by atoms with Crippen LogP contribution in [0.2, 0.25) is 0 Å². The number of piperazine rings is 1. The standard InChI is InChI=1S/C6H14N4/c7-9-3-6-10-4-1-8-2-5-10/h7-8H,1-6H2. The van der Waals surface area contributed by atoms with Crippen molar-refractivity contribution in [3.8, 4) is 0 Å². The lowest BCUT2D eigenvalue weighted by Gasteiger charge is -2.25. The lowest BCUT2D eigenvalue weighted by atomic mass is 10.3. The summed E-state index contributed by atoms with van der Waals surface area (Å²) >= 11 is 0. The second kappa shape index (κ2) is 4.35. The minimum Gasteiger partial charge on any atom is -0.314 e. The maximum Gasteiger partial charge on any atom is 0.0723 e. The summed E-state index contributed by atoms with van der Waals surface area (Å²) in [7, 11) is 0. The van der Waals surface area contributed by atoms with Crippen molar-refractivity contribution < 1.29 is 0 Å². The molecule has 0 bridgehead atoms. The molecule has 1 fully saturated rings. The summed E-state index contributed by atoms with van der Waals surface area (Å²) in [5.41, 5.74) is 6.60. The first-order valence-electron chi connectivity index (χ1n) is 3.70. The second-order valence-corrected chi connectivity index (χ2v) is 2.47. The predicted octanol–water partition coefficient (Wildman–Crippen LogP) is -0.0774. The molecule has 0 aromatic carbocycles. The molecule has 4 nitrogen and oxygen atoms in total. The summed E-state index contributed by atoms with van der Waals surface area (Å²) in [6.45, 7) is 5.98. The molecular formula is C6H14N4. The quantitative estimate of drug-likeness (QED) is 0.542. The molecule has 1 aliphatic rings. The van der Waals surface area contributed by atoms with Crippen LogP contribution in [0.1, 0.15) is 0 Å². The van der Waals surface area contributed by atoms with Crippen LogP contribution in [-0.2, 0) is 0 Å². The highest BCUT2D eigenvalue weighted by Gasteiger charge is 2.07. The number of hydrogen-bond donors (Lipinski definition) is 2. The van der Waals surface area contributed by atoms with Crippen molar-refractivity contribution in [2.24, 2.45) is 5.11 Å². The van der Waals surface area contributed by atoms with Crippen LogP contribution in [0.3, 0.4) is 0 Å². The van der Waals surface area contributed by atoms with Gasteiger partial charge in [-0.3, -0.25) is 4.90 Å². The molecule has 0 spiro atoms. The molecule has 0 atom stereocenters. The normalized spacial score (nSPS) is 20.8. The zero-order chi connectivity index (χ0) is 7.23. The molecule has 4 heteroatoms. The summed E-state index contributed by atoms with van der Waals surface area (Å²) in [5, 5.41) is 6.59. The highest BCUT2D eigenvalue weighted by atomic mass is 15.2. The summed E-state index contributed by atoms with van der Waals surface area (Å²) in [5.74, 6) is 0. The minimum atomic E-state index is 0.653. The van der Waals surface area contributed by atoms with E-state index in [1.165, 1.54) is 0 Å². The first-order valence-corrected chi connectivity index (χ1v) is 3.70. The Bertz CT molecular complexity index is 97.9. The van der Waals surface area contributed by atoms with Crippen LogP contribution >= 0.6 is 0 Å². The van der Waals surface area contributed by atoms with Gasteiger partial charge in [0.25, 0.3) is 0 Å². The fraction of sp³-hybridized carbons (Fsp3) is 1.00. The van der Waals surface area contributed by atoms with Crippen LogP contribution in [0.25, 0.3) is 0 Å². The SMILES string of the molecule is N=NCCN1CCNCC1. The van der Waals surface area contributed by atoms with Gasteiger partial charge in [-0.15, -0.1) is 0 Å². The van der Waals surface area contributed by atoms with Gasteiger partial charge in [-0.05, 0) is 0 Å². The summed E-state index contributed by atoms with van der Waals surface area (Å²) in [6, 6.07) is 0. The number of nitrogens with one attached hydrogen (secondary N) is 2. The Morgan fingerprint density at radius 3 is 2.70 bits per heavy atom. The number of nitrogens with zero attached hydrogens (tertiary/aromatic N) is 2. The van der Waals surface area contributed by atoms with Gasteiger partial charge in [-0.25, -0.2) is 5.53 Å². The summed E-state index contributed by atoms with van der Waals surface area (Å²) in [4.78, 5) is 2.33. The van der Waals surface area contributed by atoms with E-state index in [1.807, 2.05) is 0 Å². The lowest BCUT2D eigenvalue weighted by molar-refractivity contribution is 0.246. The van der Waals surface area contributed by atoms with Crippen LogP contribution in [0, 0.1) is 5.53 Å². The molecule has 0 amide bonds. The van der Waals surface area contributed by atoms with E-state index in [0.29, 0.717) is 6.54 Å². The monoisotopic (exact) mass is 142 g/mol. The van der Waals surface area contributed by atoms with Crippen LogP contribution < -0.4 is 5.32 Å². The smallest absolute Gasteiger partial charge is 0.0723 e. The van der Waals surface area contributed by atoms with E-state index in [4.69, 9.17) is 5.53 Å². The van der Waals surface area contributed by atoms with Crippen molar-refractivity contribution in [2.75, 3.05) is 39.3 Å². The van der Waals surface area contributed by atoms with Crippen LogP contribution in [-0.4, -0.2) is 44.2 Å². The van der Waals surface area contributed by atoms with Gasteiger partial charge in [0.2, 0.25) is 0 Å². The number of hydrogen-bond acceptors (Lipinski definition) is 4. The maximum atomic E-state index is 6.60. The van der Waals surface area contributed by atoms with Gasteiger partial charge in [-0.1, -0.05) is 0 Å². The van der Waals surface area contributed by atoms with E-state index in [-0.39, 0.29) is 0 Å². The Labute approximate surface area is 61.1 Å². The average Bonchev–Trinajstić information content (AvgIpc) is 2.03. The largest absolute Gasteiger partial charge is 0.314 e. The molecule has 0 unspecified atom stereocenters. The zero-order valence-corrected chi connectivity index (χ0v) is 6.14. The van der Waals surface area contributed by atoms with Crippen molar-refractivity contribution >= 4 is 0 Å². The summed E-state index contributed by atoms with van der Waals surface area (Å²) < 4.78 is 0. The van der Waals surface area contributed by atoms with Crippen LogP contribution in [0.5, 0.6) is 0 Å². The highest BCUT2D eigenvalue weighted by molar-refractivity contribution is 4.67. The fourth-order valence-corrected chi connectivity index (χ4v) is 1.13. The molecule has 10 heavy (non-hydrogen) atoms. The highest BCUT2D eigenvalue weighted by Crippen LogP contribution is 1.90. The maximum absolute atomic E-state index is 6.60. The molecule has 0 radical (unpaired) electrons. The molecule has 0 aromatic rings. The third kappa shape index (κ3) is 2.41. The fourth-order valence-electron chi connectivity index (χ4n) is 1.13. The Hall–Kier alpha value is -0.480. The van der Waals surface area contributed by atoms with Gasteiger partial charge in [0.1, 0.15) is 0 Å². The van der Waals surface area contributed by atoms with Crippen LogP contribution in [0.15, 0.2) is 5.11 Å². The van der Waals surface area contributed by atoms with Gasteiger partial charge >= 0.3 is 0 Å². The predicted molar refractivity (Wildman–Crippen MR) is 39.3 cm³/mol. The Morgan fingerprint density at radius 1 is 1.40 bits per heavy atom. The van der Waals surface area contributed by atoms with E-state index < -0.39 is 0 Å². The molecule has 1 rings (SSSR count). The van der Waals surface area contributed by atoms with Gasteiger partial charge < -0.3 is 5.32 Å². The van der Waals surface area contributed by atoms with Crippen LogP contribution in [0.4, 0.5) is 0 Å². The average molecular weight is 142 g/mol. The zero-order valence-electron chi connectivity index (χ0n) is 6.14. The third-order valence-electron chi connectivity index (χ3n) is 1.74.